The average molecular weight is 251 g/mol. The van der Waals surface area contributed by atoms with Crippen LogP contribution in [0, 0.1) is 0 Å². The van der Waals surface area contributed by atoms with E-state index in [9.17, 15) is 0 Å². The van der Waals surface area contributed by atoms with Crippen LogP contribution in [0.15, 0.2) is 41.3 Å². The van der Waals surface area contributed by atoms with Crippen LogP contribution in [0.3, 0.4) is 0 Å². The van der Waals surface area contributed by atoms with E-state index in [1.807, 2.05) is 24.4 Å². The summed E-state index contributed by atoms with van der Waals surface area (Å²) in [5.74, 6) is 0. The van der Waals surface area contributed by atoms with Gasteiger partial charge in [0.25, 0.3) is 0 Å². The van der Waals surface area contributed by atoms with E-state index in [1.165, 1.54) is 5.56 Å². The summed E-state index contributed by atoms with van der Waals surface area (Å²) in [5, 5.41) is 0. The van der Waals surface area contributed by atoms with Crippen molar-refractivity contribution < 1.29 is 0 Å². The summed E-state index contributed by atoms with van der Waals surface area (Å²) in [6, 6.07) is 10.3. The number of benzene rings is 1. The van der Waals surface area contributed by atoms with E-state index in [4.69, 9.17) is 0 Å². The van der Waals surface area contributed by atoms with Crippen molar-refractivity contribution in [2.75, 3.05) is 0 Å². The molecule has 0 saturated carbocycles. The van der Waals surface area contributed by atoms with Gasteiger partial charge in [-0.2, -0.15) is 0 Å². The molecule has 0 spiro atoms. The molecule has 0 aliphatic heterocycles. The van der Waals surface area contributed by atoms with Gasteiger partial charge in [0, 0.05) is 6.54 Å². The predicted molar refractivity (Wildman–Crippen MR) is 61.0 cm³/mol. The van der Waals surface area contributed by atoms with E-state index >= 15 is 0 Å². The Morgan fingerprint density at radius 1 is 1.29 bits per heavy atom. The number of imidazole rings is 1. The maximum absolute atomic E-state index is 4.24. The van der Waals surface area contributed by atoms with Gasteiger partial charge in [-0.1, -0.05) is 30.3 Å². The summed E-state index contributed by atoms with van der Waals surface area (Å²) in [7, 11) is 0. The molecule has 0 saturated heterocycles. The highest BCUT2D eigenvalue weighted by molar-refractivity contribution is 9.10. The molecule has 2 aromatic rings. The van der Waals surface area contributed by atoms with E-state index in [-0.39, 0.29) is 0 Å². The van der Waals surface area contributed by atoms with Crippen LogP contribution in [-0.4, -0.2) is 9.55 Å². The molecule has 2 rings (SSSR count). The molecular formula is C11H11BrN2. The van der Waals surface area contributed by atoms with Gasteiger partial charge >= 0.3 is 0 Å². The molecular weight excluding hydrogens is 240 g/mol. The SMILES string of the molecule is CCn1c(-c2ccccc2)cnc1Br. The third-order valence-electron chi connectivity index (χ3n) is 2.19. The van der Waals surface area contributed by atoms with Crippen LogP contribution in [0.4, 0.5) is 0 Å². The van der Waals surface area contributed by atoms with E-state index in [0.717, 1.165) is 17.0 Å². The Morgan fingerprint density at radius 3 is 2.64 bits per heavy atom. The Labute approximate surface area is 91.7 Å². The van der Waals surface area contributed by atoms with Crippen molar-refractivity contribution in [3.05, 3.63) is 41.3 Å². The number of hydrogen-bond acceptors (Lipinski definition) is 1. The maximum atomic E-state index is 4.24. The van der Waals surface area contributed by atoms with E-state index in [0.29, 0.717) is 0 Å². The first-order valence-corrected chi connectivity index (χ1v) is 5.38. The Hall–Kier alpha value is -1.09. The molecule has 3 heteroatoms. The average Bonchev–Trinajstić information content (AvgIpc) is 2.61. The zero-order chi connectivity index (χ0) is 9.97. The van der Waals surface area contributed by atoms with Crippen LogP contribution in [0.5, 0.6) is 0 Å². The van der Waals surface area contributed by atoms with Crippen LogP contribution in [-0.2, 0) is 6.54 Å². The van der Waals surface area contributed by atoms with Crippen LogP contribution < -0.4 is 0 Å². The van der Waals surface area contributed by atoms with Crippen LogP contribution >= 0.6 is 15.9 Å². The number of rotatable bonds is 2. The first-order chi connectivity index (χ1) is 6.83. The van der Waals surface area contributed by atoms with E-state index < -0.39 is 0 Å². The molecule has 1 heterocycles. The Balaban J connectivity index is 2.52. The fourth-order valence-corrected chi connectivity index (χ4v) is 2.04. The lowest BCUT2D eigenvalue weighted by Crippen LogP contribution is -1.96. The molecule has 0 bridgehead atoms. The highest BCUT2D eigenvalue weighted by Gasteiger charge is 2.06. The topological polar surface area (TPSA) is 17.8 Å². The minimum Gasteiger partial charge on any atom is -0.319 e. The van der Waals surface area contributed by atoms with Crippen LogP contribution in [0.1, 0.15) is 6.92 Å². The second-order valence-corrected chi connectivity index (χ2v) is 3.73. The van der Waals surface area contributed by atoms with Crippen molar-refractivity contribution in [3.8, 4) is 11.3 Å². The highest BCUT2D eigenvalue weighted by atomic mass is 79.9. The van der Waals surface area contributed by atoms with Crippen molar-refractivity contribution in [1.29, 1.82) is 0 Å². The zero-order valence-corrected chi connectivity index (χ0v) is 9.53. The fourth-order valence-electron chi connectivity index (χ4n) is 1.49. The van der Waals surface area contributed by atoms with E-state index in [2.05, 4.69) is 44.5 Å². The number of hydrogen-bond donors (Lipinski definition) is 0. The summed E-state index contributed by atoms with van der Waals surface area (Å²) < 4.78 is 3.02. The van der Waals surface area contributed by atoms with Crippen molar-refractivity contribution in [2.45, 2.75) is 13.5 Å². The second kappa shape index (κ2) is 3.96. The molecule has 0 atom stereocenters. The molecule has 0 radical (unpaired) electrons. The minimum absolute atomic E-state index is 0.888. The molecule has 0 aliphatic rings. The molecule has 0 fully saturated rings. The fraction of sp³-hybridized carbons (Fsp3) is 0.182. The van der Waals surface area contributed by atoms with Crippen molar-refractivity contribution >= 4 is 15.9 Å². The normalized spacial score (nSPS) is 10.4. The Morgan fingerprint density at radius 2 is 2.00 bits per heavy atom. The highest BCUT2D eigenvalue weighted by Crippen LogP contribution is 2.22. The third-order valence-corrected chi connectivity index (χ3v) is 2.83. The van der Waals surface area contributed by atoms with Crippen LogP contribution in [0.2, 0.25) is 0 Å². The molecule has 14 heavy (non-hydrogen) atoms. The third kappa shape index (κ3) is 1.60. The monoisotopic (exact) mass is 250 g/mol. The Kier molecular flexibility index (Phi) is 2.68. The first-order valence-electron chi connectivity index (χ1n) is 4.59. The molecule has 0 N–H and O–H groups in total. The number of halogens is 1. The summed E-state index contributed by atoms with van der Waals surface area (Å²) in [6.07, 6.45) is 1.89. The summed E-state index contributed by atoms with van der Waals surface area (Å²) in [6.45, 7) is 3.03. The molecule has 2 nitrogen and oxygen atoms in total. The largest absolute Gasteiger partial charge is 0.319 e. The lowest BCUT2D eigenvalue weighted by molar-refractivity contribution is 0.748. The molecule has 0 unspecified atom stereocenters. The zero-order valence-electron chi connectivity index (χ0n) is 7.94. The predicted octanol–water partition coefficient (Wildman–Crippen LogP) is 3.33. The Bertz CT molecular complexity index is 420. The van der Waals surface area contributed by atoms with Crippen molar-refractivity contribution in [1.82, 2.24) is 9.55 Å². The van der Waals surface area contributed by atoms with Gasteiger partial charge in [0.2, 0.25) is 0 Å². The maximum Gasteiger partial charge on any atom is 0.177 e. The molecule has 72 valence electrons. The van der Waals surface area contributed by atoms with E-state index in [1.54, 1.807) is 0 Å². The van der Waals surface area contributed by atoms with Gasteiger partial charge in [-0.05, 0) is 28.4 Å². The standard InChI is InChI=1S/C11H11BrN2/c1-2-14-10(8-13-11(14)12)9-6-4-3-5-7-9/h3-8H,2H2,1H3. The first kappa shape index (κ1) is 9.46. The quantitative estimate of drug-likeness (QED) is 0.800. The lowest BCUT2D eigenvalue weighted by Gasteiger charge is -2.05. The van der Waals surface area contributed by atoms with Gasteiger partial charge in [0.05, 0.1) is 11.9 Å². The van der Waals surface area contributed by atoms with Gasteiger partial charge in [-0.3, -0.25) is 0 Å². The number of aromatic nitrogens is 2. The summed E-state index contributed by atoms with van der Waals surface area (Å²) in [5.41, 5.74) is 2.35. The van der Waals surface area contributed by atoms with Crippen LogP contribution in [0.25, 0.3) is 11.3 Å². The van der Waals surface area contributed by atoms with Gasteiger partial charge in [0.1, 0.15) is 0 Å². The lowest BCUT2D eigenvalue weighted by atomic mass is 10.2. The number of nitrogens with zero attached hydrogens (tertiary/aromatic N) is 2. The van der Waals surface area contributed by atoms with Crippen molar-refractivity contribution in [3.63, 3.8) is 0 Å². The molecule has 1 aromatic carbocycles. The van der Waals surface area contributed by atoms with Gasteiger partial charge in [-0.25, -0.2) is 4.98 Å². The smallest absolute Gasteiger partial charge is 0.177 e. The summed E-state index contributed by atoms with van der Waals surface area (Å²) in [4.78, 5) is 4.24. The second-order valence-electron chi connectivity index (χ2n) is 3.02. The van der Waals surface area contributed by atoms with Gasteiger partial charge in [0.15, 0.2) is 4.73 Å². The van der Waals surface area contributed by atoms with Crippen molar-refractivity contribution in [2.24, 2.45) is 0 Å². The molecule has 0 amide bonds. The molecule has 0 aliphatic carbocycles. The summed E-state index contributed by atoms with van der Waals surface area (Å²) >= 11 is 3.43. The molecule has 1 aromatic heterocycles. The van der Waals surface area contributed by atoms with Gasteiger partial charge in [-0.15, -0.1) is 0 Å². The van der Waals surface area contributed by atoms with Gasteiger partial charge < -0.3 is 4.57 Å². The minimum atomic E-state index is 0.888.